The van der Waals surface area contributed by atoms with Crippen molar-refractivity contribution in [3.63, 3.8) is 0 Å². The Labute approximate surface area is 125 Å². The molecule has 0 saturated carbocycles. The first-order valence-corrected chi connectivity index (χ1v) is 6.92. The fourth-order valence-corrected chi connectivity index (χ4v) is 2.23. The molecule has 0 amide bonds. The van der Waals surface area contributed by atoms with Gasteiger partial charge in [-0.05, 0) is 17.5 Å². The van der Waals surface area contributed by atoms with Gasteiger partial charge in [0.05, 0.1) is 26.3 Å². The van der Waals surface area contributed by atoms with Crippen molar-refractivity contribution in [3.8, 4) is 11.8 Å². The van der Waals surface area contributed by atoms with Crippen LogP contribution in [0.25, 0.3) is 0 Å². The molecule has 0 unspecified atom stereocenters. The SMILES string of the molecule is COc1ncnc(OC)c1CNc1ccccc1C(C)C. The quantitative estimate of drug-likeness (QED) is 0.884. The minimum Gasteiger partial charge on any atom is -0.481 e. The average Bonchev–Trinajstić information content (AvgIpc) is 2.52. The van der Waals surface area contributed by atoms with Gasteiger partial charge in [-0.2, -0.15) is 0 Å². The average molecular weight is 287 g/mol. The summed E-state index contributed by atoms with van der Waals surface area (Å²) in [6, 6.07) is 8.26. The van der Waals surface area contributed by atoms with E-state index in [0.717, 1.165) is 11.3 Å². The highest BCUT2D eigenvalue weighted by atomic mass is 16.5. The molecule has 2 rings (SSSR count). The molecule has 1 N–H and O–H groups in total. The lowest BCUT2D eigenvalue weighted by Crippen LogP contribution is -2.08. The third-order valence-electron chi connectivity index (χ3n) is 3.29. The number of hydrogen-bond donors (Lipinski definition) is 1. The zero-order valence-corrected chi connectivity index (χ0v) is 12.9. The predicted octanol–water partition coefficient (Wildman–Crippen LogP) is 3.23. The third kappa shape index (κ3) is 3.42. The standard InChI is InChI=1S/C16H21N3O2/c1-11(2)12-7-5-6-8-14(12)17-9-13-15(20-3)18-10-19-16(13)21-4/h5-8,10-11,17H,9H2,1-4H3. The summed E-state index contributed by atoms with van der Waals surface area (Å²) in [5, 5.41) is 3.42. The summed E-state index contributed by atoms with van der Waals surface area (Å²) in [5.41, 5.74) is 3.17. The van der Waals surface area contributed by atoms with Gasteiger partial charge in [0.2, 0.25) is 11.8 Å². The van der Waals surface area contributed by atoms with Crippen molar-refractivity contribution < 1.29 is 9.47 Å². The van der Waals surface area contributed by atoms with Crippen molar-refractivity contribution in [2.24, 2.45) is 0 Å². The second-order valence-electron chi connectivity index (χ2n) is 4.97. The van der Waals surface area contributed by atoms with E-state index < -0.39 is 0 Å². The van der Waals surface area contributed by atoms with Gasteiger partial charge >= 0.3 is 0 Å². The summed E-state index contributed by atoms with van der Waals surface area (Å²) in [4.78, 5) is 8.24. The molecule has 5 nitrogen and oxygen atoms in total. The number of methoxy groups -OCH3 is 2. The van der Waals surface area contributed by atoms with Crippen molar-refractivity contribution in [1.82, 2.24) is 9.97 Å². The molecule has 5 heteroatoms. The van der Waals surface area contributed by atoms with Gasteiger partial charge in [-0.25, -0.2) is 9.97 Å². The largest absolute Gasteiger partial charge is 0.481 e. The molecule has 1 aromatic heterocycles. The van der Waals surface area contributed by atoms with Crippen molar-refractivity contribution >= 4 is 5.69 Å². The number of para-hydroxylation sites is 1. The highest BCUT2D eigenvalue weighted by Gasteiger charge is 2.13. The Hall–Kier alpha value is -2.30. The van der Waals surface area contributed by atoms with Crippen LogP contribution in [0.4, 0.5) is 5.69 Å². The number of rotatable bonds is 6. The maximum atomic E-state index is 5.28. The van der Waals surface area contributed by atoms with Gasteiger partial charge in [0.15, 0.2) is 0 Å². The van der Waals surface area contributed by atoms with Gasteiger partial charge in [-0.1, -0.05) is 32.0 Å². The summed E-state index contributed by atoms with van der Waals surface area (Å²) >= 11 is 0. The molecule has 1 heterocycles. The number of anilines is 1. The molecule has 112 valence electrons. The summed E-state index contributed by atoms with van der Waals surface area (Å²) in [6.07, 6.45) is 1.43. The molecular weight excluding hydrogens is 266 g/mol. The number of nitrogens with zero attached hydrogens (tertiary/aromatic N) is 2. The van der Waals surface area contributed by atoms with Crippen LogP contribution in [0.15, 0.2) is 30.6 Å². The van der Waals surface area contributed by atoms with E-state index in [1.165, 1.54) is 11.9 Å². The number of hydrogen-bond acceptors (Lipinski definition) is 5. The number of aromatic nitrogens is 2. The van der Waals surface area contributed by atoms with E-state index >= 15 is 0 Å². The van der Waals surface area contributed by atoms with E-state index in [1.54, 1.807) is 14.2 Å². The molecule has 0 aliphatic heterocycles. The van der Waals surface area contributed by atoms with Gasteiger partial charge in [0, 0.05) is 5.69 Å². The number of ether oxygens (including phenoxy) is 2. The van der Waals surface area contributed by atoms with E-state index in [4.69, 9.17) is 9.47 Å². The minimum atomic E-state index is 0.449. The van der Waals surface area contributed by atoms with Crippen LogP contribution in [-0.4, -0.2) is 24.2 Å². The Morgan fingerprint density at radius 2 is 1.67 bits per heavy atom. The maximum Gasteiger partial charge on any atom is 0.225 e. The van der Waals surface area contributed by atoms with Crippen LogP contribution in [0.3, 0.4) is 0 Å². The second-order valence-corrected chi connectivity index (χ2v) is 4.97. The Kier molecular flexibility index (Phi) is 4.98. The first-order valence-electron chi connectivity index (χ1n) is 6.92. The molecule has 0 aliphatic carbocycles. The molecule has 21 heavy (non-hydrogen) atoms. The first kappa shape index (κ1) is 15.1. The third-order valence-corrected chi connectivity index (χ3v) is 3.29. The predicted molar refractivity (Wildman–Crippen MR) is 83.0 cm³/mol. The van der Waals surface area contributed by atoms with Crippen molar-refractivity contribution in [1.29, 1.82) is 0 Å². The summed E-state index contributed by atoms with van der Waals surface area (Å²) < 4.78 is 10.6. The summed E-state index contributed by atoms with van der Waals surface area (Å²) in [5.74, 6) is 1.50. The van der Waals surface area contributed by atoms with E-state index in [1.807, 2.05) is 12.1 Å². The van der Waals surface area contributed by atoms with Gasteiger partial charge in [0.25, 0.3) is 0 Å². The van der Waals surface area contributed by atoms with Gasteiger partial charge < -0.3 is 14.8 Å². The van der Waals surface area contributed by atoms with Crippen LogP contribution in [0, 0.1) is 0 Å². The smallest absolute Gasteiger partial charge is 0.225 e. The van der Waals surface area contributed by atoms with Gasteiger partial charge in [-0.3, -0.25) is 0 Å². The van der Waals surface area contributed by atoms with Crippen molar-refractivity contribution in [2.75, 3.05) is 19.5 Å². The van der Waals surface area contributed by atoms with E-state index in [2.05, 4.69) is 41.3 Å². The Morgan fingerprint density at radius 1 is 1.05 bits per heavy atom. The molecule has 0 radical (unpaired) electrons. The molecule has 0 saturated heterocycles. The lowest BCUT2D eigenvalue weighted by molar-refractivity contribution is 0.363. The fraction of sp³-hybridized carbons (Fsp3) is 0.375. The Balaban J connectivity index is 2.24. The molecular formula is C16H21N3O2. The highest BCUT2D eigenvalue weighted by molar-refractivity contribution is 5.53. The maximum absolute atomic E-state index is 5.28. The van der Waals surface area contributed by atoms with Crippen LogP contribution in [0.5, 0.6) is 11.8 Å². The lowest BCUT2D eigenvalue weighted by atomic mass is 10.0. The Bertz CT molecular complexity index is 578. The fourth-order valence-electron chi connectivity index (χ4n) is 2.23. The van der Waals surface area contributed by atoms with Crippen LogP contribution in [0.2, 0.25) is 0 Å². The number of benzene rings is 1. The van der Waals surface area contributed by atoms with Crippen LogP contribution < -0.4 is 14.8 Å². The second kappa shape index (κ2) is 6.92. The topological polar surface area (TPSA) is 56.3 Å². The van der Waals surface area contributed by atoms with E-state index in [-0.39, 0.29) is 0 Å². The molecule has 0 atom stereocenters. The highest BCUT2D eigenvalue weighted by Crippen LogP contribution is 2.27. The van der Waals surface area contributed by atoms with Crippen molar-refractivity contribution in [3.05, 3.63) is 41.7 Å². The van der Waals surface area contributed by atoms with Crippen LogP contribution in [-0.2, 0) is 6.54 Å². The minimum absolute atomic E-state index is 0.449. The molecule has 0 fully saturated rings. The molecule has 0 aliphatic rings. The molecule has 2 aromatic rings. The van der Waals surface area contributed by atoms with E-state index in [9.17, 15) is 0 Å². The van der Waals surface area contributed by atoms with Crippen LogP contribution in [0.1, 0.15) is 30.9 Å². The molecule has 0 spiro atoms. The zero-order valence-electron chi connectivity index (χ0n) is 12.9. The lowest BCUT2D eigenvalue weighted by Gasteiger charge is -2.16. The summed E-state index contributed by atoms with van der Waals surface area (Å²) in [7, 11) is 3.18. The molecule has 0 bridgehead atoms. The van der Waals surface area contributed by atoms with Gasteiger partial charge in [0.1, 0.15) is 6.33 Å². The van der Waals surface area contributed by atoms with Crippen molar-refractivity contribution in [2.45, 2.75) is 26.3 Å². The Morgan fingerprint density at radius 3 is 2.24 bits per heavy atom. The first-order chi connectivity index (χ1) is 10.2. The van der Waals surface area contributed by atoms with Gasteiger partial charge in [-0.15, -0.1) is 0 Å². The zero-order chi connectivity index (χ0) is 15.2. The van der Waals surface area contributed by atoms with E-state index in [0.29, 0.717) is 24.2 Å². The molecule has 1 aromatic carbocycles. The van der Waals surface area contributed by atoms with Crippen LogP contribution >= 0.6 is 0 Å². The summed E-state index contributed by atoms with van der Waals surface area (Å²) in [6.45, 7) is 4.89. The monoisotopic (exact) mass is 287 g/mol. The normalized spacial score (nSPS) is 10.5. The number of nitrogens with one attached hydrogen (secondary N) is 1.